The van der Waals surface area contributed by atoms with Gasteiger partial charge in [-0.15, -0.1) is 0 Å². The monoisotopic (exact) mass is 270 g/mol. The molecule has 1 aromatic rings. The second kappa shape index (κ2) is 4.66. The average molecular weight is 271 g/mol. The molecule has 0 radical (unpaired) electrons. The highest BCUT2D eigenvalue weighted by Crippen LogP contribution is 2.39. The minimum absolute atomic E-state index is 0.166. The first kappa shape index (κ1) is 13.0. The van der Waals surface area contributed by atoms with Crippen molar-refractivity contribution in [2.75, 3.05) is 12.1 Å². The zero-order valence-corrected chi connectivity index (χ0v) is 11.0. The number of amides is 1. The van der Waals surface area contributed by atoms with E-state index >= 15 is 0 Å². The number of hydrogen-bond acceptors (Lipinski definition) is 4. The fourth-order valence-corrected chi connectivity index (χ4v) is 1.82. The van der Waals surface area contributed by atoms with Gasteiger partial charge in [0.05, 0.1) is 10.7 Å². The number of rotatable bonds is 3. The summed E-state index contributed by atoms with van der Waals surface area (Å²) in [7, 11) is 0. The molecule has 0 aromatic heterocycles. The van der Waals surface area contributed by atoms with Gasteiger partial charge in [0.25, 0.3) is 0 Å². The van der Waals surface area contributed by atoms with Crippen LogP contribution in [0.1, 0.15) is 20.3 Å². The van der Waals surface area contributed by atoms with Crippen LogP contribution in [0.3, 0.4) is 0 Å². The number of hydrogen-bond donors (Lipinski definition) is 2. The van der Waals surface area contributed by atoms with Crippen molar-refractivity contribution in [3.63, 3.8) is 0 Å². The second-order valence-electron chi connectivity index (χ2n) is 4.90. The predicted octanol–water partition coefficient (Wildman–Crippen LogP) is 2.13. The summed E-state index contributed by atoms with van der Waals surface area (Å²) in [5.74, 6) is 0.960. The number of benzene rings is 1. The lowest BCUT2D eigenvalue weighted by Gasteiger charge is -2.18. The molecule has 0 atom stereocenters. The van der Waals surface area contributed by atoms with Crippen LogP contribution in [-0.2, 0) is 4.79 Å². The molecule has 98 valence electrons. The van der Waals surface area contributed by atoms with Crippen LogP contribution in [-0.4, -0.2) is 18.2 Å². The van der Waals surface area contributed by atoms with Crippen LogP contribution in [0.15, 0.2) is 12.1 Å². The van der Waals surface area contributed by atoms with Crippen molar-refractivity contribution in [3.05, 3.63) is 17.2 Å². The molecule has 1 aromatic carbocycles. The Labute approximate surface area is 110 Å². The lowest BCUT2D eigenvalue weighted by molar-refractivity contribution is -0.117. The summed E-state index contributed by atoms with van der Waals surface area (Å²) in [6.07, 6.45) is 0.206. The molecule has 0 saturated carbocycles. The van der Waals surface area contributed by atoms with Gasteiger partial charge in [-0.1, -0.05) is 11.6 Å². The number of anilines is 1. The first-order valence-electron chi connectivity index (χ1n) is 5.53. The molecule has 0 saturated heterocycles. The maximum atomic E-state index is 11.8. The largest absolute Gasteiger partial charge is 0.454 e. The molecule has 6 heteroatoms. The van der Waals surface area contributed by atoms with Crippen molar-refractivity contribution in [3.8, 4) is 11.5 Å². The highest BCUT2D eigenvalue weighted by Gasteiger charge is 2.20. The molecule has 0 bridgehead atoms. The molecule has 0 spiro atoms. The molecule has 5 nitrogen and oxygen atoms in total. The minimum atomic E-state index is -0.563. The van der Waals surface area contributed by atoms with Crippen molar-refractivity contribution < 1.29 is 14.3 Å². The number of nitrogens with two attached hydrogens (primary N) is 1. The molecule has 0 unspecified atom stereocenters. The van der Waals surface area contributed by atoms with Crippen LogP contribution in [0.5, 0.6) is 11.5 Å². The van der Waals surface area contributed by atoms with Gasteiger partial charge in [-0.05, 0) is 13.8 Å². The Balaban J connectivity index is 2.12. The predicted molar refractivity (Wildman–Crippen MR) is 69.1 cm³/mol. The lowest BCUT2D eigenvalue weighted by atomic mass is 10.0. The van der Waals surface area contributed by atoms with E-state index in [4.69, 9.17) is 26.8 Å². The Hall–Kier alpha value is -1.46. The normalized spacial score (nSPS) is 13.6. The van der Waals surface area contributed by atoms with E-state index in [0.29, 0.717) is 22.2 Å². The van der Waals surface area contributed by atoms with E-state index in [1.165, 1.54) is 0 Å². The minimum Gasteiger partial charge on any atom is -0.454 e. The Bertz CT molecular complexity index is 483. The Morgan fingerprint density at radius 1 is 1.44 bits per heavy atom. The molecule has 2 rings (SSSR count). The van der Waals surface area contributed by atoms with Gasteiger partial charge in [0.15, 0.2) is 11.5 Å². The highest BCUT2D eigenvalue weighted by atomic mass is 35.5. The summed E-state index contributed by atoms with van der Waals surface area (Å²) in [5.41, 5.74) is 5.71. The topological polar surface area (TPSA) is 73.6 Å². The molecular formula is C12H15ClN2O3. The van der Waals surface area contributed by atoms with Gasteiger partial charge in [-0.3, -0.25) is 4.79 Å². The molecule has 0 fully saturated rings. The number of carbonyl (C=O) groups is 1. The van der Waals surface area contributed by atoms with Crippen LogP contribution in [0.25, 0.3) is 0 Å². The third-order valence-corrected chi connectivity index (χ3v) is 2.67. The maximum absolute atomic E-state index is 11.8. The first-order chi connectivity index (χ1) is 8.35. The molecule has 18 heavy (non-hydrogen) atoms. The van der Waals surface area contributed by atoms with Gasteiger partial charge in [-0.2, -0.15) is 0 Å². The highest BCUT2D eigenvalue weighted by molar-refractivity contribution is 6.34. The van der Waals surface area contributed by atoms with Gasteiger partial charge in [0, 0.05) is 24.1 Å². The van der Waals surface area contributed by atoms with E-state index < -0.39 is 5.54 Å². The molecule has 0 aliphatic carbocycles. The smallest absolute Gasteiger partial charge is 0.231 e. The Kier molecular flexibility index (Phi) is 3.36. The lowest BCUT2D eigenvalue weighted by Crippen LogP contribution is -2.36. The fourth-order valence-electron chi connectivity index (χ4n) is 1.62. The molecular weight excluding hydrogens is 256 g/mol. The molecule has 1 heterocycles. The van der Waals surface area contributed by atoms with Crippen molar-refractivity contribution in [1.29, 1.82) is 0 Å². The molecule has 3 N–H and O–H groups in total. The SMILES string of the molecule is CC(C)(N)CC(=O)Nc1cc2c(cc1Cl)OCO2. The third kappa shape index (κ3) is 3.05. The van der Waals surface area contributed by atoms with Crippen molar-refractivity contribution in [1.82, 2.24) is 0 Å². The van der Waals surface area contributed by atoms with Crippen molar-refractivity contribution >= 4 is 23.2 Å². The van der Waals surface area contributed by atoms with Crippen molar-refractivity contribution in [2.45, 2.75) is 25.8 Å². The summed E-state index contributed by atoms with van der Waals surface area (Å²) < 4.78 is 10.4. The van der Waals surface area contributed by atoms with Gasteiger partial charge < -0.3 is 20.5 Å². The summed E-state index contributed by atoms with van der Waals surface area (Å²) in [6.45, 7) is 3.74. The van der Waals surface area contributed by atoms with Crippen LogP contribution in [0, 0.1) is 0 Å². The zero-order chi connectivity index (χ0) is 13.3. The van der Waals surface area contributed by atoms with E-state index in [-0.39, 0.29) is 19.1 Å². The third-order valence-electron chi connectivity index (χ3n) is 2.35. The standard InChI is InChI=1S/C12H15ClN2O3/c1-12(2,14)5-11(16)15-8-4-10-9(3-7(8)13)17-6-18-10/h3-4H,5-6,14H2,1-2H3,(H,15,16). The van der Waals surface area contributed by atoms with Crippen LogP contribution in [0.4, 0.5) is 5.69 Å². The van der Waals surface area contributed by atoms with Crippen LogP contribution in [0.2, 0.25) is 5.02 Å². The quantitative estimate of drug-likeness (QED) is 0.882. The average Bonchev–Trinajstić information content (AvgIpc) is 2.62. The Morgan fingerprint density at radius 2 is 2.06 bits per heavy atom. The number of halogens is 1. The van der Waals surface area contributed by atoms with E-state index in [9.17, 15) is 4.79 Å². The summed E-state index contributed by atoms with van der Waals surface area (Å²) in [4.78, 5) is 11.8. The van der Waals surface area contributed by atoms with Gasteiger partial charge in [0.2, 0.25) is 12.7 Å². The van der Waals surface area contributed by atoms with Crippen LogP contribution < -0.4 is 20.5 Å². The van der Waals surface area contributed by atoms with Gasteiger partial charge in [0.1, 0.15) is 0 Å². The number of fused-ring (bicyclic) bond motifs is 1. The summed E-state index contributed by atoms with van der Waals surface area (Å²) in [6, 6.07) is 3.26. The number of carbonyl (C=O) groups excluding carboxylic acids is 1. The number of nitrogens with one attached hydrogen (secondary N) is 1. The van der Waals surface area contributed by atoms with E-state index in [1.54, 1.807) is 26.0 Å². The second-order valence-corrected chi connectivity index (χ2v) is 5.31. The molecule has 1 aliphatic heterocycles. The summed E-state index contributed by atoms with van der Waals surface area (Å²) >= 11 is 6.04. The zero-order valence-electron chi connectivity index (χ0n) is 10.2. The van der Waals surface area contributed by atoms with Gasteiger partial charge >= 0.3 is 0 Å². The van der Waals surface area contributed by atoms with E-state index in [1.807, 2.05) is 0 Å². The fraction of sp³-hybridized carbons (Fsp3) is 0.417. The number of ether oxygens (including phenoxy) is 2. The van der Waals surface area contributed by atoms with Crippen LogP contribution >= 0.6 is 11.6 Å². The van der Waals surface area contributed by atoms with Crippen molar-refractivity contribution in [2.24, 2.45) is 5.73 Å². The van der Waals surface area contributed by atoms with E-state index in [2.05, 4.69) is 5.32 Å². The molecule has 1 amide bonds. The summed E-state index contributed by atoms with van der Waals surface area (Å²) in [5, 5.41) is 3.12. The maximum Gasteiger partial charge on any atom is 0.231 e. The Morgan fingerprint density at radius 3 is 2.67 bits per heavy atom. The van der Waals surface area contributed by atoms with E-state index in [0.717, 1.165) is 0 Å². The first-order valence-corrected chi connectivity index (χ1v) is 5.91. The molecule has 1 aliphatic rings. The van der Waals surface area contributed by atoms with Gasteiger partial charge in [-0.25, -0.2) is 0 Å².